The Kier molecular flexibility index (Phi) is 5.54. The van der Waals surface area contributed by atoms with Crippen molar-refractivity contribution >= 4 is 11.9 Å². The summed E-state index contributed by atoms with van der Waals surface area (Å²) in [7, 11) is 0. The molecule has 2 aromatic rings. The molecule has 2 aromatic carbocycles. The van der Waals surface area contributed by atoms with Gasteiger partial charge in [0.25, 0.3) is 5.91 Å². The zero-order valence-corrected chi connectivity index (χ0v) is 12.3. The number of urea groups is 1. The first-order chi connectivity index (χ1) is 10.7. The molecule has 5 heteroatoms. The predicted octanol–water partition coefficient (Wildman–Crippen LogP) is 2.65. The van der Waals surface area contributed by atoms with E-state index in [0.29, 0.717) is 17.9 Å². The molecule has 0 saturated heterocycles. The molecule has 0 heterocycles. The lowest BCUT2D eigenvalue weighted by atomic mass is 10.1. The van der Waals surface area contributed by atoms with Crippen LogP contribution >= 0.6 is 0 Å². The maximum atomic E-state index is 12.3. The lowest BCUT2D eigenvalue weighted by molar-refractivity contribution is -0.127. The summed E-state index contributed by atoms with van der Waals surface area (Å²) < 4.78 is 5.75. The van der Waals surface area contributed by atoms with Crippen LogP contribution in [-0.4, -0.2) is 18.5 Å². The van der Waals surface area contributed by atoms with Gasteiger partial charge in [-0.2, -0.15) is 0 Å². The molecule has 0 fully saturated rings. The second kappa shape index (κ2) is 7.83. The third kappa shape index (κ3) is 4.34. The number of hydrogen-bond acceptors (Lipinski definition) is 3. The van der Waals surface area contributed by atoms with Crippen molar-refractivity contribution in [2.45, 2.75) is 13.0 Å². The van der Waals surface area contributed by atoms with Gasteiger partial charge in [0, 0.05) is 12.1 Å². The number of hydrogen-bond donors (Lipinski definition) is 2. The number of ether oxygens (including phenoxy) is 1. The second-order valence-electron chi connectivity index (χ2n) is 4.57. The fraction of sp³-hybridized carbons (Fsp3) is 0.176. The Hall–Kier alpha value is -2.82. The van der Waals surface area contributed by atoms with Gasteiger partial charge in [-0.15, -0.1) is 0 Å². The van der Waals surface area contributed by atoms with E-state index in [-0.39, 0.29) is 0 Å². The quantitative estimate of drug-likeness (QED) is 0.891. The maximum absolute atomic E-state index is 12.3. The Morgan fingerprint density at radius 1 is 1.00 bits per heavy atom. The molecule has 0 aliphatic heterocycles. The van der Waals surface area contributed by atoms with Crippen molar-refractivity contribution in [3.05, 3.63) is 66.2 Å². The molecule has 2 rings (SSSR count). The number of carbonyl (C=O) groups excluding carboxylic acids is 2. The zero-order valence-electron chi connectivity index (χ0n) is 12.3. The van der Waals surface area contributed by atoms with Gasteiger partial charge in [-0.3, -0.25) is 10.1 Å². The molecule has 22 heavy (non-hydrogen) atoms. The molecule has 114 valence electrons. The van der Waals surface area contributed by atoms with Crippen LogP contribution in [0.2, 0.25) is 0 Å². The highest BCUT2D eigenvalue weighted by molar-refractivity contribution is 5.97. The highest BCUT2D eigenvalue weighted by atomic mass is 16.5. The zero-order chi connectivity index (χ0) is 15.8. The van der Waals surface area contributed by atoms with E-state index in [1.165, 1.54) is 0 Å². The average Bonchev–Trinajstić information content (AvgIpc) is 2.54. The summed E-state index contributed by atoms with van der Waals surface area (Å²) in [5, 5.41) is 4.81. The smallest absolute Gasteiger partial charge is 0.321 e. The number of para-hydroxylation sites is 1. The number of benzene rings is 2. The van der Waals surface area contributed by atoms with E-state index in [9.17, 15) is 9.59 Å². The van der Waals surface area contributed by atoms with Crippen molar-refractivity contribution in [3.63, 3.8) is 0 Å². The minimum atomic E-state index is -0.897. The molecule has 0 aromatic heterocycles. The molecule has 2 N–H and O–H groups in total. The van der Waals surface area contributed by atoms with Crippen LogP contribution in [0.3, 0.4) is 0 Å². The molecule has 0 radical (unpaired) electrons. The topological polar surface area (TPSA) is 67.4 Å². The summed E-state index contributed by atoms with van der Waals surface area (Å²) in [4.78, 5) is 23.9. The van der Waals surface area contributed by atoms with Crippen LogP contribution in [0.25, 0.3) is 0 Å². The van der Waals surface area contributed by atoms with Crippen LogP contribution < -0.4 is 15.4 Å². The molecule has 5 nitrogen and oxygen atoms in total. The molecular weight excluding hydrogens is 280 g/mol. The van der Waals surface area contributed by atoms with Gasteiger partial charge in [0.1, 0.15) is 5.75 Å². The van der Waals surface area contributed by atoms with E-state index in [4.69, 9.17) is 4.74 Å². The fourth-order valence-electron chi connectivity index (χ4n) is 1.92. The first-order valence-electron chi connectivity index (χ1n) is 7.06. The van der Waals surface area contributed by atoms with Gasteiger partial charge >= 0.3 is 6.03 Å². The van der Waals surface area contributed by atoms with E-state index >= 15 is 0 Å². The van der Waals surface area contributed by atoms with Crippen molar-refractivity contribution in [2.24, 2.45) is 0 Å². The third-order valence-electron chi connectivity index (χ3n) is 2.91. The van der Waals surface area contributed by atoms with Crippen LogP contribution in [-0.2, 0) is 4.79 Å². The van der Waals surface area contributed by atoms with Gasteiger partial charge in [0.2, 0.25) is 6.10 Å². The van der Waals surface area contributed by atoms with Gasteiger partial charge in [-0.05, 0) is 19.1 Å². The number of imide groups is 1. The Balaban J connectivity index is 2.18. The molecule has 0 spiro atoms. The Labute approximate surface area is 129 Å². The fourth-order valence-corrected chi connectivity index (χ4v) is 1.92. The molecule has 1 atom stereocenters. The number of carbonyl (C=O) groups is 2. The predicted molar refractivity (Wildman–Crippen MR) is 83.5 cm³/mol. The molecule has 3 amide bonds. The lowest BCUT2D eigenvalue weighted by Crippen LogP contribution is -2.42. The number of nitrogens with one attached hydrogen (secondary N) is 2. The third-order valence-corrected chi connectivity index (χ3v) is 2.91. The Bertz CT molecular complexity index is 614. The SMILES string of the molecule is CCNC(=O)NC(=O)[C@@H](Oc1ccccc1)c1ccccc1. The molecule has 0 bridgehead atoms. The lowest BCUT2D eigenvalue weighted by Gasteiger charge is -2.18. The van der Waals surface area contributed by atoms with Crippen molar-refractivity contribution in [2.75, 3.05) is 6.54 Å². The largest absolute Gasteiger partial charge is 0.476 e. The van der Waals surface area contributed by atoms with Gasteiger partial charge in [0.05, 0.1) is 0 Å². The summed E-state index contributed by atoms with van der Waals surface area (Å²) in [6.45, 7) is 2.22. The minimum Gasteiger partial charge on any atom is -0.476 e. The second-order valence-corrected chi connectivity index (χ2v) is 4.57. The van der Waals surface area contributed by atoms with Crippen LogP contribution in [0.15, 0.2) is 60.7 Å². The monoisotopic (exact) mass is 298 g/mol. The number of amides is 3. The summed E-state index contributed by atoms with van der Waals surface area (Å²) in [5.74, 6) is 0.0448. The van der Waals surface area contributed by atoms with Crippen LogP contribution in [0.5, 0.6) is 5.75 Å². The van der Waals surface area contributed by atoms with Gasteiger partial charge < -0.3 is 10.1 Å². The Morgan fingerprint density at radius 3 is 2.18 bits per heavy atom. The average molecular weight is 298 g/mol. The highest BCUT2D eigenvalue weighted by Gasteiger charge is 2.24. The number of rotatable bonds is 5. The van der Waals surface area contributed by atoms with E-state index in [1.54, 1.807) is 31.2 Å². The first kappa shape index (κ1) is 15.6. The molecule has 0 saturated carbocycles. The minimum absolute atomic E-state index is 0.439. The van der Waals surface area contributed by atoms with Crippen LogP contribution in [0, 0.1) is 0 Å². The molecule has 0 aliphatic carbocycles. The summed E-state index contributed by atoms with van der Waals surface area (Å²) in [6, 6.07) is 17.5. The normalized spacial score (nSPS) is 11.3. The Morgan fingerprint density at radius 2 is 1.59 bits per heavy atom. The van der Waals surface area contributed by atoms with E-state index in [0.717, 1.165) is 0 Å². The van der Waals surface area contributed by atoms with Gasteiger partial charge in [0.15, 0.2) is 0 Å². The van der Waals surface area contributed by atoms with Gasteiger partial charge in [-0.25, -0.2) is 4.79 Å². The highest BCUT2D eigenvalue weighted by Crippen LogP contribution is 2.21. The van der Waals surface area contributed by atoms with Crippen LogP contribution in [0.1, 0.15) is 18.6 Å². The van der Waals surface area contributed by atoms with Crippen molar-refractivity contribution in [3.8, 4) is 5.75 Å². The van der Waals surface area contributed by atoms with Gasteiger partial charge in [-0.1, -0.05) is 48.5 Å². The molecule has 0 aliphatic rings. The first-order valence-corrected chi connectivity index (χ1v) is 7.06. The molecular formula is C17H18N2O3. The van der Waals surface area contributed by atoms with Crippen molar-refractivity contribution < 1.29 is 14.3 Å². The maximum Gasteiger partial charge on any atom is 0.321 e. The summed E-state index contributed by atoms with van der Waals surface area (Å²) >= 11 is 0. The molecule has 0 unspecified atom stereocenters. The van der Waals surface area contributed by atoms with E-state index < -0.39 is 18.0 Å². The van der Waals surface area contributed by atoms with E-state index in [2.05, 4.69) is 10.6 Å². The summed E-state index contributed by atoms with van der Waals surface area (Å²) in [6.07, 6.45) is -0.897. The summed E-state index contributed by atoms with van der Waals surface area (Å²) in [5.41, 5.74) is 0.674. The standard InChI is InChI=1S/C17H18N2O3/c1-2-18-17(21)19-16(20)15(13-9-5-3-6-10-13)22-14-11-7-4-8-12-14/h3-12,15H,2H2,1H3,(H2,18,19,20,21)/t15-/m0/s1. The van der Waals surface area contributed by atoms with Crippen molar-refractivity contribution in [1.82, 2.24) is 10.6 Å². The van der Waals surface area contributed by atoms with E-state index in [1.807, 2.05) is 36.4 Å². The van der Waals surface area contributed by atoms with Crippen LogP contribution in [0.4, 0.5) is 4.79 Å². The van der Waals surface area contributed by atoms with Crippen molar-refractivity contribution in [1.29, 1.82) is 0 Å².